The lowest BCUT2D eigenvalue weighted by Crippen LogP contribution is -2.46. The van der Waals surface area contributed by atoms with E-state index in [0.29, 0.717) is 17.5 Å². The Labute approximate surface area is 68.4 Å². The summed E-state index contributed by atoms with van der Waals surface area (Å²) in [5.41, 5.74) is 0. The van der Waals surface area contributed by atoms with Gasteiger partial charge in [-0.25, -0.2) is 0 Å². The molecule has 3 atom stereocenters. The van der Waals surface area contributed by atoms with E-state index in [1.807, 2.05) is 0 Å². The first-order valence-electron chi connectivity index (χ1n) is 3.99. The molecule has 1 aliphatic heterocycles. The van der Waals surface area contributed by atoms with Crippen molar-refractivity contribution in [3.8, 4) is 0 Å². The molecule has 1 aliphatic rings. The van der Waals surface area contributed by atoms with Crippen molar-refractivity contribution in [2.45, 2.75) is 44.1 Å². The van der Waals surface area contributed by atoms with Crippen molar-refractivity contribution in [1.82, 2.24) is 4.90 Å². The second kappa shape index (κ2) is 3.10. The predicted molar refractivity (Wildman–Crippen MR) is 45.6 cm³/mol. The number of hydrogen-bond acceptors (Lipinski definition) is 1. The van der Waals surface area contributed by atoms with Gasteiger partial charge in [-0.15, -0.1) is 11.6 Å². The van der Waals surface area contributed by atoms with Gasteiger partial charge in [0.05, 0.1) is 0 Å². The minimum atomic E-state index is 0.362. The Morgan fingerprint density at radius 1 is 1.30 bits per heavy atom. The van der Waals surface area contributed by atoms with E-state index in [1.54, 1.807) is 0 Å². The van der Waals surface area contributed by atoms with Crippen LogP contribution in [0.2, 0.25) is 0 Å². The quantitative estimate of drug-likeness (QED) is 0.492. The summed E-state index contributed by atoms with van der Waals surface area (Å²) in [5.74, 6) is 0. The molecule has 2 heteroatoms. The molecule has 0 bridgehead atoms. The number of hydrogen-bond donors (Lipinski definition) is 0. The van der Waals surface area contributed by atoms with E-state index in [4.69, 9.17) is 11.6 Å². The van der Waals surface area contributed by atoms with E-state index >= 15 is 0 Å². The van der Waals surface area contributed by atoms with E-state index in [0.717, 1.165) is 0 Å². The highest BCUT2D eigenvalue weighted by Gasteiger charge is 2.27. The predicted octanol–water partition coefficient (Wildman–Crippen LogP) is 2.10. The smallest absolute Gasteiger partial charge is 0.0489 e. The van der Waals surface area contributed by atoms with E-state index in [-0.39, 0.29) is 0 Å². The van der Waals surface area contributed by atoms with Crippen LogP contribution in [0.25, 0.3) is 0 Å². The lowest BCUT2D eigenvalue weighted by molar-refractivity contribution is 0.141. The summed E-state index contributed by atoms with van der Waals surface area (Å²) >= 11 is 6.09. The first kappa shape index (κ1) is 8.35. The summed E-state index contributed by atoms with van der Waals surface area (Å²) in [6.07, 6.45) is 2.42. The summed E-state index contributed by atoms with van der Waals surface area (Å²) in [6.45, 7) is 4.46. The maximum Gasteiger partial charge on any atom is 0.0489 e. The van der Waals surface area contributed by atoms with Gasteiger partial charge in [0, 0.05) is 17.5 Å². The highest BCUT2D eigenvalue weighted by molar-refractivity contribution is 6.21. The van der Waals surface area contributed by atoms with Crippen molar-refractivity contribution in [3.05, 3.63) is 0 Å². The van der Waals surface area contributed by atoms with Crippen LogP contribution in [0.3, 0.4) is 0 Å². The van der Waals surface area contributed by atoms with Crippen molar-refractivity contribution in [2.24, 2.45) is 0 Å². The van der Waals surface area contributed by atoms with Gasteiger partial charge in [-0.1, -0.05) is 0 Å². The van der Waals surface area contributed by atoms with Gasteiger partial charge < -0.3 is 0 Å². The molecular formula is C8H16ClN. The van der Waals surface area contributed by atoms with Crippen molar-refractivity contribution in [1.29, 1.82) is 0 Å². The molecule has 1 saturated heterocycles. The van der Waals surface area contributed by atoms with Gasteiger partial charge >= 0.3 is 0 Å². The zero-order valence-corrected chi connectivity index (χ0v) is 7.73. The summed E-state index contributed by atoms with van der Waals surface area (Å²) in [7, 11) is 2.16. The first-order chi connectivity index (χ1) is 4.63. The summed E-state index contributed by atoms with van der Waals surface area (Å²) in [6, 6.07) is 1.26. The average molecular weight is 162 g/mol. The van der Waals surface area contributed by atoms with Gasteiger partial charge in [0.2, 0.25) is 0 Å². The molecule has 0 spiro atoms. The molecule has 1 nitrogen and oxygen atoms in total. The van der Waals surface area contributed by atoms with Crippen molar-refractivity contribution in [2.75, 3.05) is 7.05 Å². The van der Waals surface area contributed by atoms with E-state index in [1.165, 1.54) is 12.8 Å². The van der Waals surface area contributed by atoms with Gasteiger partial charge in [0.25, 0.3) is 0 Å². The average Bonchev–Trinajstić information content (AvgIpc) is 1.93. The van der Waals surface area contributed by atoms with Crippen LogP contribution in [-0.2, 0) is 0 Å². The molecule has 0 aromatic carbocycles. The number of nitrogens with zero attached hydrogens (tertiary/aromatic N) is 1. The number of rotatable bonds is 0. The molecule has 0 amide bonds. The summed E-state index contributed by atoms with van der Waals surface area (Å²) in [5, 5.41) is 0.362. The zero-order chi connectivity index (χ0) is 7.72. The standard InChI is InChI=1S/C8H16ClN/c1-6-4-5-8(9)7(2)10(6)3/h6-8H,4-5H2,1-3H3. The van der Waals surface area contributed by atoms with Gasteiger partial charge in [0.1, 0.15) is 0 Å². The zero-order valence-electron chi connectivity index (χ0n) is 6.97. The SMILES string of the molecule is CC1CCC(Cl)C(C)N1C. The Morgan fingerprint density at radius 3 is 2.40 bits per heavy atom. The third-order valence-corrected chi connectivity index (χ3v) is 3.30. The Kier molecular flexibility index (Phi) is 2.59. The topological polar surface area (TPSA) is 3.24 Å². The second-order valence-corrected chi connectivity index (χ2v) is 3.91. The van der Waals surface area contributed by atoms with Gasteiger partial charge in [-0.05, 0) is 33.7 Å². The van der Waals surface area contributed by atoms with Crippen LogP contribution in [-0.4, -0.2) is 29.4 Å². The van der Waals surface area contributed by atoms with Crippen LogP contribution in [0, 0.1) is 0 Å². The molecule has 3 unspecified atom stereocenters. The Hall–Kier alpha value is 0.250. The lowest BCUT2D eigenvalue weighted by atomic mass is 9.98. The molecule has 1 fully saturated rings. The molecular weight excluding hydrogens is 146 g/mol. The second-order valence-electron chi connectivity index (χ2n) is 3.35. The van der Waals surface area contributed by atoms with Gasteiger partial charge in [0.15, 0.2) is 0 Å². The van der Waals surface area contributed by atoms with Crippen molar-refractivity contribution >= 4 is 11.6 Å². The number of likely N-dealkylation sites (tertiary alicyclic amines) is 1. The highest BCUT2D eigenvalue weighted by Crippen LogP contribution is 2.24. The van der Waals surface area contributed by atoms with Crippen LogP contribution in [0.4, 0.5) is 0 Å². The molecule has 60 valence electrons. The normalized spacial score (nSPS) is 43.8. The molecule has 0 N–H and O–H groups in total. The van der Waals surface area contributed by atoms with Crippen LogP contribution < -0.4 is 0 Å². The Bertz CT molecular complexity index is 102. The summed E-state index contributed by atoms with van der Waals surface area (Å²) < 4.78 is 0. The van der Waals surface area contributed by atoms with Gasteiger partial charge in [-0.3, -0.25) is 4.90 Å². The monoisotopic (exact) mass is 161 g/mol. The molecule has 0 aromatic rings. The third kappa shape index (κ3) is 1.46. The van der Waals surface area contributed by atoms with Crippen molar-refractivity contribution in [3.63, 3.8) is 0 Å². The van der Waals surface area contributed by atoms with Crippen molar-refractivity contribution < 1.29 is 0 Å². The lowest BCUT2D eigenvalue weighted by Gasteiger charge is -2.38. The van der Waals surface area contributed by atoms with Crippen LogP contribution in [0.5, 0.6) is 0 Å². The molecule has 0 aliphatic carbocycles. The largest absolute Gasteiger partial charge is 0.300 e. The molecule has 1 rings (SSSR count). The third-order valence-electron chi connectivity index (χ3n) is 2.72. The number of piperidine rings is 1. The maximum atomic E-state index is 6.09. The highest BCUT2D eigenvalue weighted by atomic mass is 35.5. The Morgan fingerprint density at radius 2 is 1.90 bits per heavy atom. The number of alkyl halides is 1. The van der Waals surface area contributed by atoms with Gasteiger partial charge in [-0.2, -0.15) is 0 Å². The molecule has 10 heavy (non-hydrogen) atoms. The molecule has 1 heterocycles. The first-order valence-corrected chi connectivity index (χ1v) is 4.42. The molecule has 0 radical (unpaired) electrons. The van der Waals surface area contributed by atoms with E-state index in [9.17, 15) is 0 Å². The minimum Gasteiger partial charge on any atom is -0.300 e. The van der Waals surface area contributed by atoms with Crippen LogP contribution in [0.1, 0.15) is 26.7 Å². The van der Waals surface area contributed by atoms with Crippen LogP contribution in [0.15, 0.2) is 0 Å². The minimum absolute atomic E-state index is 0.362. The molecule has 0 aromatic heterocycles. The Balaban J connectivity index is 2.52. The number of halogens is 1. The van der Waals surface area contributed by atoms with E-state index in [2.05, 4.69) is 25.8 Å². The fraction of sp³-hybridized carbons (Fsp3) is 1.00. The fourth-order valence-electron chi connectivity index (χ4n) is 1.50. The summed E-state index contributed by atoms with van der Waals surface area (Å²) in [4.78, 5) is 2.36. The van der Waals surface area contributed by atoms with E-state index < -0.39 is 0 Å². The fourth-order valence-corrected chi connectivity index (χ4v) is 1.81. The van der Waals surface area contributed by atoms with Crippen LogP contribution >= 0.6 is 11.6 Å². The maximum absolute atomic E-state index is 6.09. The molecule has 0 saturated carbocycles.